The Morgan fingerprint density at radius 2 is 2.06 bits per heavy atom. The first kappa shape index (κ1) is 12.6. The minimum Gasteiger partial charge on any atom is -0.326 e. The van der Waals surface area contributed by atoms with Crippen LogP contribution in [-0.4, -0.2) is 9.78 Å². The van der Waals surface area contributed by atoms with Gasteiger partial charge in [0.2, 0.25) is 0 Å². The molecule has 6 heteroatoms. The molecule has 0 aliphatic carbocycles. The maximum absolute atomic E-state index is 12.5. The second-order valence-corrected chi connectivity index (χ2v) is 4.01. The van der Waals surface area contributed by atoms with Crippen LogP contribution in [0.15, 0.2) is 30.6 Å². The minimum absolute atomic E-state index is 0.247. The normalized spacial score (nSPS) is 11.8. The molecule has 0 unspecified atom stereocenters. The summed E-state index contributed by atoms with van der Waals surface area (Å²) in [5, 5.41) is 3.74. The van der Waals surface area contributed by atoms with Crippen LogP contribution < -0.4 is 5.73 Å². The third-order valence-electron chi connectivity index (χ3n) is 2.62. The van der Waals surface area contributed by atoms with Gasteiger partial charge in [-0.3, -0.25) is 0 Å². The van der Waals surface area contributed by atoms with Gasteiger partial charge in [-0.15, -0.1) is 0 Å². The number of hydrogen-bond donors (Lipinski definition) is 1. The van der Waals surface area contributed by atoms with E-state index < -0.39 is 11.7 Å². The van der Waals surface area contributed by atoms with E-state index in [1.165, 1.54) is 4.68 Å². The number of aryl methyl sites for hydroxylation is 1. The Balaban J connectivity index is 2.49. The number of halogens is 3. The largest absolute Gasteiger partial charge is 0.419 e. The van der Waals surface area contributed by atoms with Gasteiger partial charge in [0.05, 0.1) is 17.4 Å². The van der Waals surface area contributed by atoms with Gasteiger partial charge in [0.15, 0.2) is 0 Å². The van der Waals surface area contributed by atoms with Gasteiger partial charge in [-0.2, -0.15) is 18.3 Å². The van der Waals surface area contributed by atoms with E-state index in [1.807, 2.05) is 13.0 Å². The fourth-order valence-electron chi connectivity index (χ4n) is 1.66. The molecule has 0 atom stereocenters. The molecular formula is C12H12F3N3. The predicted molar refractivity (Wildman–Crippen MR) is 61.2 cm³/mol. The standard InChI is InChI=1S/C12H12F3N3/c1-8-2-3-9(5-16)11(4-8)18-7-10(6-17-18)12(13,14)15/h2-4,6-7H,5,16H2,1H3. The van der Waals surface area contributed by atoms with E-state index in [-0.39, 0.29) is 6.54 Å². The molecule has 0 bridgehead atoms. The van der Waals surface area contributed by atoms with Crippen LogP contribution >= 0.6 is 0 Å². The Labute approximate surface area is 102 Å². The van der Waals surface area contributed by atoms with Gasteiger partial charge in [0.25, 0.3) is 0 Å². The summed E-state index contributed by atoms with van der Waals surface area (Å²) in [5.41, 5.74) is 7.06. The van der Waals surface area contributed by atoms with Gasteiger partial charge in [0.1, 0.15) is 0 Å². The molecule has 0 fully saturated rings. The quantitative estimate of drug-likeness (QED) is 0.896. The maximum atomic E-state index is 12.5. The Morgan fingerprint density at radius 3 is 2.61 bits per heavy atom. The van der Waals surface area contributed by atoms with Crippen molar-refractivity contribution in [3.05, 3.63) is 47.3 Å². The van der Waals surface area contributed by atoms with Crippen LogP contribution in [0.2, 0.25) is 0 Å². The lowest BCUT2D eigenvalue weighted by molar-refractivity contribution is -0.137. The van der Waals surface area contributed by atoms with Crippen molar-refractivity contribution in [2.45, 2.75) is 19.6 Å². The summed E-state index contributed by atoms with van der Waals surface area (Å²) in [5.74, 6) is 0. The molecule has 1 aromatic carbocycles. The molecule has 1 heterocycles. The van der Waals surface area contributed by atoms with Crippen molar-refractivity contribution < 1.29 is 13.2 Å². The van der Waals surface area contributed by atoms with Crippen LogP contribution in [0.4, 0.5) is 13.2 Å². The monoisotopic (exact) mass is 255 g/mol. The fourth-order valence-corrected chi connectivity index (χ4v) is 1.66. The number of aromatic nitrogens is 2. The SMILES string of the molecule is Cc1ccc(CN)c(-n2cc(C(F)(F)F)cn2)c1. The molecule has 0 saturated carbocycles. The van der Waals surface area contributed by atoms with E-state index in [4.69, 9.17) is 5.73 Å². The van der Waals surface area contributed by atoms with E-state index in [0.29, 0.717) is 5.69 Å². The van der Waals surface area contributed by atoms with E-state index >= 15 is 0 Å². The van der Waals surface area contributed by atoms with Crippen molar-refractivity contribution in [2.75, 3.05) is 0 Å². The number of nitrogens with zero attached hydrogens (tertiary/aromatic N) is 2. The average Bonchev–Trinajstić information content (AvgIpc) is 2.77. The molecule has 1 aromatic heterocycles. The third-order valence-corrected chi connectivity index (χ3v) is 2.62. The highest BCUT2D eigenvalue weighted by Gasteiger charge is 2.32. The molecular weight excluding hydrogens is 243 g/mol. The van der Waals surface area contributed by atoms with Crippen LogP contribution in [0, 0.1) is 6.92 Å². The zero-order chi connectivity index (χ0) is 13.3. The van der Waals surface area contributed by atoms with Crippen molar-refractivity contribution in [3.63, 3.8) is 0 Å². The topological polar surface area (TPSA) is 43.8 Å². The molecule has 0 radical (unpaired) electrons. The molecule has 0 spiro atoms. The smallest absolute Gasteiger partial charge is 0.326 e. The van der Waals surface area contributed by atoms with E-state index in [0.717, 1.165) is 23.5 Å². The lowest BCUT2D eigenvalue weighted by atomic mass is 10.1. The summed E-state index contributed by atoms with van der Waals surface area (Å²) in [6, 6.07) is 5.41. The summed E-state index contributed by atoms with van der Waals surface area (Å²) in [4.78, 5) is 0. The predicted octanol–water partition coefficient (Wildman–Crippen LogP) is 2.66. The Bertz CT molecular complexity index is 558. The van der Waals surface area contributed by atoms with Gasteiger partial charge >= 0.3 is 6.18 Å². The highest BCUT2D eigenvalue weighted by Crippen LogP contribution is 2.29. The molecule has 0 amide bonds. The highest BCUT2D eigenvalue weighted by atomic mass is 19.4. The van der Waals surface area contributed by atoms with E-state index in [1.54, 1.807) is 12.1 Å². The zero-order valence-electron chi connectivity index (χ0n) is 9.70. The number of benzene rings is 1. The first-order chi connectivity index (χ1) is 8.41. The van der Waals surface area contributed by atoms with Gasteiger partial charge in [-0.05, 0) is 24.1 Å². The molecule has 18 heavy (non-hydrogen) atoms. The van der Waals surface area contributed by atoms with E-state index in [2.05, 4.69) is 5.10 Å². The summed E-state index contributed by atoms with van der Waals surface area (Å²) in [7, 11) is 0. The number of hydrogen-bond acceptors (Lipinski definition) is 2. The second kappa shape index (κ2) is 4.45. The van der Waals surface area contributed by atoms with Gasteiger partial charge in [0, 0.05) is 12.7 Å². The average molecular weight is 255 g/mol. The van der Waals surface area contributed by atoms with Crippen molar-refractivity contribution in [1.29, 1.82) is 0 Å². The summed E-state index contributed by atoms with van der Waals surface area (Å²) in [6.45, 7) is 2.11. The lowest BCUT2D eigenvalue weighted by Gasteiger charge is -2.09. The van der Waals surface area contributed by atoms with E-state index in [9.17, 15) is 13.2 Å². The van der Waals surface area contributed by atoms with Gasteiger partial charge in [-0.25, -0.2) is 4.68 Å². The molecule has 3 nitrogen and oxygen atoms in total. The van der Waals surface area contributed by atoms with Crippen LogP contribution in [0.1, 0.15) is 16.7 Å². The minimum atomic E-state index is -4.38. The van der Waals surface area contributed by atoms with Crippen molar-refractivity contribution in [1.82, 2.24) is 9.78 Å². The Hall–Kier alpha value is -1.82. The van der Waals surface area contributed by atoms with Crippen molar-refractivity contribution >= 4 is 0 Å². The molecule has 0 aliphatic rings. The van der Waals surface area contributed by atoms with Crippen molar-refractivity contribution in [2.24, 2.45) is 5.73 Å². The fraction of sp³-hybridized carbons (Fsp3) is 0.250. The van der Waals surface area contributed by atoms with Crippen LogP contribution in [0.25, 0.3) is 5.69 Å². The molecule has 0 saturated heterocycles. The maximum Gasteiger partial charge on any atom is 0.419 e. The first-order valence-electron chi connectivity index (χ1n) is 5.33. The van der Waals surface area contributed by atoms with Gasteiger partial charge in [-0.1, -0.05) is 12.1 Å². The van der Waals surface area contributed by atoms with Crippen LogP contribution in [0.3, 0.4) is 0 Å². The Morgan fingerprint density at radius 1 is 1.33 bits per heavy atom. The first-order valence-corrected chi connectivity index (χ1v) is 5.33. The Kier molecular flexibility index (Phi) is 3.13. The number of nitrogens with two attached hydrogens (primary N) is 1. The summed E-state index contributed by atoms with van der Waals surface area (Å²) < 4.78 is 38.7. The van der Waals surface area contributed by atoms with Gasteiger partial charge < -0.3 is 5.73 Å². The number of rotatable bonds is 2. The van der Waals surface area contributed by atoms with Crippen LogP contribution in [0.5, 0.6) is 0 Å². The van der Waals surface area contributed by atoms with Crippen LogP contribution in [-0.2, 0) is 12.7 Å². The molecule has 0 aliphatic heterocycles. The molecule has 2 aromatic rings. The zero-order valence-corrected chi connectivity index (χ0v) is 9.70. The molecule has 2 rings (SSSR count). The number of alkyl halides is 3. The van der Waals surface area contributed by atoms with Crippen molar-refractivity contribution in [3.8, 4) is 5.69 Å². The molecule has 96 valence electrons. The molecule has 2 N–H and O–H groups in total. The summed E-state index contributed by atoms with van der Waals surface area (Å²) in [6.07, 6.45) is -2.61. The second-order valence-electron chi connectivity index (χ2n) is 4.01. The summed E-state index contributed by atoms with van der Waals surface area (Å²) >= 11 is 0. The lowest BCUT2D eigenvalue weighted by Crippen LogP contribution is -2.06. The third kappa shape index (κ3) is 2.38. The highest BCUT2D eigenvalue weighted by molar-refractivity contribution is 5.43.